The molecule has 0 aliphatic heterocycles. The van der Waals surface area contributed by atoms with E-state index in [1.165, 1.54) is 49.3 Å². The van der Waals surface area contributed by atoms with Crippen LogP contribution in [0.15, 0.2) is 54.6 Å². The first-order chi connectivity index (χ1) is 13.5. The van der Waals surface area contributed by atoms with Gasteiger partial charge in [0, 0.05) is 30.8 Å². The minimum absolute atomic E-state index is 0.331. The monoisotopic (exact) mass is 396 g/mol. The summed E-state index contributed by atoms with van der Waals surface area (Å²) in [5.41, 5.74) is 4.25. The first-order valence-electron chi connectivity index (χ1n) is 10.3. The molecule has 2 aromatic carbocycles. The summed E-state index contributed by atoms with van der Waals surface area (Å²) < 4.78 is 0. The molecule has 28 heavy (non-hydrogen) atoms. The fourth-order valence-electron chi connectivity index (χ4n) is 3.84. The molecule has 0 radical (unpaired) electrons. The zero-order valence-electron chi connectivity index (χ0n) is 17.4. The lowest BCUT2D eigenvalue weighted by molar-refractivity contribution is 0.238. The average Bonchev–Trinajstić information content (AvgIpc) is 3.14. The lowest BCUT2D eigenvalue weighted by Crippen LogP contribution is -2.29. The van der Waals surface area contributed by atoms with Crippen LogP contribution in [0.25, 0.3) is 0 Å². The van der Waals surface area contributed by atoms with Crippen LogP contribution in [0.4, 0.5) is 0 Å². The van der Waals surface area contributed by atoms with Crippen molar-refractivity contribution in [3.63, 3.8) is 0 Å². The van der Waals surface area contributed by atoms with Crippen LogP contribution in [0, 0.1) is 11.3 Å². The third kappa shape index (κ3) is 6.97. The molecule has 0 aromatic heterocycles. The van der Waals surface area contributed by atoms with Gasteiger partial charge in [0.25, 0.3) is 0 Å². The highest BCUT2D eigenvalue weighted by molar-refractivity contribution is 6.21. The molecular formula is C25H33ClN2. The number of hydrogen-bond acceptors (Lipinski definition) is 2. The summed E-state index contributed by atoms with van der Waals surface area (Å²) in [6.07, 6.45) is 6.00. The van der Waals surface area contributed by atoms with E-state index in [4.69, 9.17) is 16.9 Å². The van der Waals surface area contributed by atoms with Crippen molar-refractivity contribution in [2.45, 2.75) is 69.8 Å². The van der Waals surface area contributed by atoms with E-state index in [9.17, 15) is 0 Å². The van der Waals surface area contributed by atoms with E-state index >= 15 is 0 Å². The fourth-order valence-corrected chi connectivity index (χ4v) is 4.27. The second-order valence-electron chi connectivity index (χ2n) is 7.81. The van der Waals surface area contributed by atoms with Crippen LogP contribution >= 0.6 is 11.6 Å². The first kappa shape index (κ1) is 22.5. The third-order valence-corrected chi connectivity index (χ3v) is 6.24. The van der Waals surface area contributed by atoms with Gasteiger partial charge in [-0.25, -0.2) is 0 Å². The van der Waals surface area contributed by atoms with Crippen LogP contribution in [-0.2, 0) is 13.0 Å². The van der Waals surface area contributed by atoms with Crippen LogP contribution in [0.3, 0.4) is 0 Å². The van der Waals surface area contributed by atoms with Crippen molar-refractivity contribution in [3.8, 4) is 6.07 Å². The molecule has 1 aliphatic carbocycles. The van der Waals surface area contributed by atoms with Crippen molar-refractivity contribution in [2.24, 2.45) is 0 Å². The number of benzene rings is 2. The molecule has 0 spiro atoms. The highest BCUT2D eigenvalue weighted by atomic mass is 35.5. The molecule has 1 fully saturated rings. The van der Waals surface area contributed by atoms with Gasteiger partial charge in [0.1, 0.15) is 0 Å². The van der Waals surface area contributed by atoms with Crippen LogP contribution in [0.2, 0.25) is 0 Å². The van der Waals surface area contributed by atoms with E-state index in [0.717, 1.165) is 13.0 Å². The van der Waals surface area contributed by atoms with E-state index in [1.807, 2.05) is 0 Å². The fraction of sp³-hybridized carbons (Fsp3) is 0.480. The highest BCUT2D eigenvalue weighted by Crippen LogP contribution is 2.38. The van der Waals surface area contributed by atoms with Gasteiger partial charge >= 0.3 is 0 Å². The Morgan fingerprint density at radius 1 is 1.07 bits per heavy atom. The molecule has 0 amide bonds. The number of rotatable bonds is 7. The molecule has 2 aromatic rings. The Morgan fingerprint density at radius 2 is 1.71 bits per heavy atom. The highest BCUT2D eigenvalue weighted by Gasteiger charge is 2.26. The second kappa shape index (κ2) is 11.9. The number of nitrogens with zero attached hydrogens (tertiary/aromatic N) is 2. The van der Waals surface area contributed by atoms with Gasteiger partial charge in [-0.1, -0.05) is 61.0 Å². The lowest BCUT2D eigenvalue weighted by atomic mass is 9.95. The van der Waals surface area contributed by atoms with Gasteiger partial charge in [0.15, 0.2) is 0 Å². The van der Waals surface area contributed by atoms with E-state index < -0.39 is 0 Å². The number of halogens is 1. The number of alkyl halides is 1. The molecule has 3 unspecified atom stereocenters. The maximum Gasteiger partial charge on any atom is 0.0587 e. The molecule has 3 atom stereocenters. The predicted octanol–water partition coefficient (Wildman–Crippen LogP) is 6.54. The van der Waals surface area contributed by atoms with Crippen molar-refractivity contribution >= 4 is 11.6 Å². The zero-order valence-corrected chi connectivity index (χ0v) is 18.2. The van der Waals surface area contributed by atoms with Crippen molar-refractivity contribution in [3.05, 3.63) is 71.3 Å². The first-order valence-corrected chi connectivity index (χ1v) is 10.8. The maximum atomic E-state index is 7.32. The van der Waals surface area contributed by atoms with Gasteiger partial charge in [-0.05, 0) is 56.3 Å². The molecule has 0 N–H and O–H groups in total. The van der Waals surface area contributed by atoms with Crippen LogP contribution < -0.4 is 0 Å². The largest absolute Gasteiger partial charge is 0.299 e. The van der Waals surface area contributed by atoms with Crippen molar-refractivity contribution in [2.75, 3.05) is 7.05 Å². The van der Waals surface area contributed by atoms with E-state index in [-0.39, 0.29) is 0 Å². The normalized spacial score (nSPS) is 19.6. The smallest absolute Gasteiger partial charge is 0.0587 e. The third-order valence-electron chi connectivity index (χ3n) is 5.72. The Labute approximate surface area is 176 Å². The van der Waals surface area contributed by atoms with Crippen LogP contribution in [-0.4, -0.2) is 23.4 Å². The topological polar surface area (TPSA) is 27.0 Å². The summed E-state index contributed by atoms with van der Waals surface area (Å²) >= 11 is 6.45. The van der Waals surface area contributed by atoms with Crippen molar-refractivity contribution in [1.29, 1.82) is 5.26 Å². The van der Waals surface area contributed by atoms with E-state index in [1.54, 1.807) is 6.07 Å². The molecule has 0 heterocycles. The summed E-state index contributed by atoms with van der Waals surface area (Å²) in [6.45, 7) is 4.77. The Balaban J connectivity index is 0.000000878. The zero-order chi connectivity index (χ0) is 20.4. The molecule has 3 rings (SSSR count). The average molecular weight is 397 g/mol. The molecular weight excluding hydrogens is 364 g/mol. The summed E-state index contributed by atoms with van der Waals surface area (Å²) in [5, 5.41) is 7.65. The molecule has 2 nitrogen and oxygen atoms in total. The van der Waals surface area contributed by atoms with Gasteiger partial charge < -0.3 is 0 Å². The lowest BCUT2D eigenvalue weighted by Gasteiger charge is -2.25. The second-order valence-corrected chi connectivity index (χ2v) is 8.37. The van der Waals surface area contributed by atoms with Gasteiger partial charge in [-0.3, -0.25) is 4.90 Å². The Morgan fingerprint density at radius 3 is 2.29 bits per heavy atom. The van der Waals surface area contributed by atoms with Gasteiger partial charge in [0.05, 0.1) is 6.07 Å². The SMILES string of the molecule is CC#N.CC(CCc1ccc(C2CCCC2Cl)cc1)N(C)Cc1ccccc1. The Kier molecular flexibility index (Phi) is 9.55. The van der Waals surface area contributed by atoms with Crippen LogP contribution in [0.5, 0.6) is 0 Å². The Bertz CT molecular complexity index is 720. The standard InChI is InChI=1S/C23H30ClN.C2H3N/c1-18(25(2)17-20-7-4-3-5-8-20)11-12-19-13-15-21(16-14-19)22-9-6-10-23(22)24;1-2-3/h3-5,7-8,13-16,18,22-23H,6,9-12,17H2,1-2H3;1H3. The van der Waals surface area contributed by atoms with Crippen molar-refractivity contribution < 1.29 is 0 Å². The molecule has 0 saturated heterocycles. The molecule has 3 heteroatoms. The maximum absolute atomic E-state index is 7.32. The van der Waals surface area contributed by atoms with Crippen molar-refractivity contribution in [1.82, 2.24) is 4.90 Å². The number of hydrogen-bond donors (Lipinski definition) is 0. The number of nitriles is 1. The van der Waals surface area contributed by atoms with Gasteiger partial charge in [-0.2, -0.15) is 5.26 Å². The minimum atomic E-state index is 0.331. The molecule has 1 aliphatic rings. The summed E-state index contributed by atoms with van der Waals surface area (Å²) in [4.78, 5) is 2.44. The number of aryl methyl sites for hydroxylation is 1. The summed E-state index contributed by atoms with van der Waals surface area (Å²) in [6, 6.07) is 22.3. The quantitative estimate of drug-likeness (QED) is 0.496. The van der Waals surface area contributed by atoms with Gasteiger partial charge in [0.2, 0.25) is 0 Å². The Hall–Kier alpha value is -1.82. The molecule has 150 valence electrons. The van der Waals surface area contributed by atoms with E-state index in [2.05, 4.69) is 73.5 Å². The van der Waals surface area contributed by atoms with Crippen LogP contribution in [0.1, 0.15) is 62.1 Å². The van der Waals surface area contributed by atoms with Gasteiger partial charge in [-0.15, -0.1) is 11.6 Å². The van der Waals surface area contributed by atoms with E-state index in [0.29, 0.717) is 17.3 Å². The minimum Gasteiger partial charge on any atom is -0.299 e. The molecule has 1 saturated carbocycles. The summed E-state index contributed by atoms with van der Waals surface area (Å²) in [5.74, 6) is 0.562. The predicted molar refractivity (Wildman–Crippen MR) is 120 cm³/mol. The summed E-state index contributed by atoms with van der Waals surface area (Å²) in [7, 11) is 2.22. The molecule has 0 bridgehead atoms.